The molecule has 1 saturated heterocycles. The van der Waals surface area contributed by atoms with Gasteiger partial charge in [0.2, 0.25) is 0 Å². The largest absolute Gasteiger partial charge is 0.492 e. The Morgan fingerprint density at radius 3 is 2.62 bits per heavy atom. The molecule has 0 spiro atoms. The molecule has 2 atom stereocenters. The summed E-state index contributed by atoms with van der Waals surface area (Å²) in [5.41, 5.74) is 1.28. The van der Waals surface area contributed by atoms with E-state index in [-0.39, 0.29) is 0 Å². The Labute approximate surface area is 129 Å². The summed E-state index contributed by atoms with van der Waals surface area (Å²) in [4.78, 5) is 2.51. The monoisotopic (exact) mass is 290 g/mol. The summed E-state index contributed by atoms with van der Waals surface area (Å²) in [7, 11) is 0. The fraction of sp³-hybridized carbons (Fsp3) is 0.667. The Balaban J connectivity index is 1.74. The molecule has 0 bridgehead atoms. The third kappa shape index (κ3) is 5.33. The molecule has 118 valence electrons. The van der Waals surface area contributed by atoms with Gasteiger partial charge in [-0.1, -0.05) is 39.8 Å². The Bertz CT molecular complexity index is 423. The Morgan fingerprint density at radius 1 is 1.24 bits per heavy atom. The highest BCUT2D eigenvalue weighted by Crippen LogP contribution is 2.21. The predicted molar refractivity (Wildman–Crippen MR) is 88.7 cm³/mol. The zero-order valence-corrected chi connectivity index (χ0v) is 13.9. The average molecular weight is 290 g/mol. The summed E-state index contributed by atoms with van der Waals surface area (Å²) >= 11 is 0. The first kappa shape index (κ1) is 16.3. The smallest absolute Gasteiger partial charge is 0.119 e. The highest BCUT2D eigenvalue weighted by molar-refractivity contribution is 5.28. The van der Waals surface area contributed by atoms with Crippen LogP contribution in [0.15, 0.2) is 24.3 Å². The van der Waals surface area contributed by atoms with Crippen molar-refractivity contribution in [2.75, 3.05) is 26.2 Å². The number of ether oxygens (including phenoxy) is 1. The van der Waals surface area contributed by atoms with Crippen LogP contribution in [0.25, 0.3) is 0 Å². The van der Waals surface area contributed by atoms with Crippen LogP contribution in [0.4, 0.5) is 0 Å². The van der Waals surface area contributed by atoms with Crippen molar-refractivity contribution in [3.05, 3.63) is 29.8 Å². The van der Waals surface area contributed by atoms with Crippen molar-refractivity contribution in [1.82, 2.24) is 10.2 Å². The van der Waals surface area contributed by atoms with Crippen LogP contribution < -0.4 is 10.1 Å². The van der Waals surface area contributed by atoms with Gasteiger partial charge in [0.1, 0.15) is 12.4 Å². The third-order valence-corrected chi connectivity index (χ3v) is 4.35. The number of nitrogens with zero attached hydrogens (tertiary/aromatic N) is 1. The number of rotatable bonds is 7. The SMILES string of the molecule is CC(C)NCc1cccc(OCCN2CC(C)C(C)C2)c1. The molecule has 0 radical (unpaired) electrons. The number of nitrogens with one attached hydrogen (secondary N) is 1. The minimum absolute atomic E-state index is 0.508. The van der Waals surface area contributed by atoms with Gasteiger partial charge in [-0.3, -0.25) is 4.90 Å². The summed E-state index contributed by atoms with van der Waals surface area (Å²) < 4.78 is 5.92. The van der Waals surface area contributed by atoms with E-state index in [4.69, 9.17) is 4.74 Å². The van der Waals surface area contributed by atoms with Crippen molar-refractivity contribution >= 4 is 0 Å². The van der Waals surface area contributed by atoms with E-state index in [1.165, 1.54) is 18.7 Å². The van der Waals surface area contributed by atoms with Crippen LogP contribution in [0.3, 0.4) is 0 Å². The lowest BCUT2D eigenvalue weighted by Gasteiger charge is -2.16. The number of hydrogen-bond acceptors (Lipinski definition) is 3. The minimum atomic E-state index is 0.508. The van der Waals surface area contributed by atoms with E-state index in [0.29, 0.717) is 6.04 Å². The zero-order chi connectivity index (χ0) is 15.2. The number of hydrogen-bond donors (Lipinski definition) is 1. The van der Waals surface area contributed by atoms with Crippen LogP contribution in [0.5, 0.6) is 5.75 Å². The Kier molecular flexibility index (Phi) is 6.07. The summed E-state index contributed by atoms with van der Waals surface area (Å²) in [6.45, 7) is 14.1. The van der Waals surface area contributed by atoms with Crippen LogP contribution in [0.1, 0.15) is 33.3 Å². The lowest BCUT2D eigenvalue weighted by Crippen LogP contribution is -2.26. The molecule has 1 N–H and O–H groups in total. The molecule has 1 fully saturated rings. The van der Waals surface area contributed by atoms with E-state index < -0.39 is 0 Å². The van der Waals surface area contributed by atoms with Crippen molar-refractivity contribution in [2.24, 2.45) is 11.8 Å². The van der Waals surface area contributed by atoms with Gasteiger partial charge in [-0.25, -0.2) is 0 Å². The number of likely N-dealkylation sites (tertiary alicyclic amines) is 1. The molecule has 2 rings (SSSR count). The molecule has 1 heterocycles. The van der Waals surface area contributed by atoms with Crippen molar-refractivity contribution in [3.8, 4) is 5.75 Å². The lowest BCUT2D eigenvalue weighted by atomic mass is 10.0. The summed E-state index contributed by atoms with van der Waals surface area (Å²) in [6, 6.07) is 8.92. The minimum Gasteiger partial charge on any atom is -0.492 e. The van der Waals surface area contributed by atoms with E-state index in [2.05, 4.69) is 56.1 Å². The number of benzene rings is 1. The molecule has 0 aromatic heterocycles. The van der Waals surface area contributed by atoms with Crippen LogP contribution in [0, 0.1) is 11.8 Å². The van der Waals surface area contributed by atoms with Crippen LogP contribution in [-0.2, 0) is 6.54 Å². The second-order valence-corrected chi connectivity index (χ2v) is 6.75. The van der Waals surface area contributed by atoms with Crippen LogP contribution in [-0.4, -0.2) is 37.2 Å². The second-order valence-electron chi connectivity index (χ2n) is 6.75. The fourth-order valence-electron chi connectivity index (χ4n) is 2.79. The zero-order valence-electron chi connectivity index (χ0n) is 13.9. The second kappa shape index (κ2) is 7.81. The molecule has 1 aromatic carbocycles. The molecule has 3 heteroatoms. The van der Waals surface area contributed by atoms with Crippen LogP contribution in [0.2, 0.25) is 0 Å². The van der Waals surface area contributed by atoms with Gasteiger partial charge in [-0.2, -0.15) is 0 Å². The molecule has 0 amide bonds. The molecule has 1 aromatic rings. The highest BCUT2D eigenvalue weighted by atomic mass is 16.5. The maximum Gasteiger partial charge on any atom is 0.119 e. The fourth-order valence-corrected chi connectivity index (χ4v) is 2.79. The van der Waals surface area contributed by atoms with Crippen molar-refractivity contribution in [1.29, 1.82) is 0 Å². The van der Waals surface area contributed by atoms with Gasteiger partial charge in [0.25, 0.3) is 0 Å². The van der Waals surface area contributed by atoms with Gasteiger partial charge >= 0.3 is 0 Å². The van der Waals surface area contributed by atoms with E-state index in [1.807, 2.05) is 6.07 Å². The summed E-state index contributed by atoms with van der Waals surface area (Å²) in [6.07, 6.45) is 0. The quantitative estimate of drug-likeness (QED) is 0.835. The Morgan fingerprint density at radius 2 is 1.95 bits per heavy atom. The maximum absolute atomic E-state index is 5.92. The van der Waals surface area contributed by atoms with E-state index in [1.54, 1.807) is 0 Å². The van der Waals surface area contributed by atoms with E-state index in [9.17, 15) is 0 Å². The van der Waals surface area contributed by atoms with E-state index >= 15 is 0 Å². The van der Waals surface area contributed by atoms with Gasteiger partial charge < -0.3 is 10.1 Å². The molecule has 1 aliphatic heterocycles. The topological polar surface area (TPSA) is 24.5 Å². The molecule has 0 aliphatic carbocycles. The standard InChI is InChI=1S/C18H30N2O/c1-14(2)19-11-17-6-5-7-18(10-17)21-9-8-20-12-15(3)16(4)13-20/h5-7,10,14-16,19H,8-9,11-13H2,1-4H3. The predicted octanol–water partition coefficient (Wildman–Crippen LogP) is 3.15. The van der Waals surface area contributed by atoms with Gasteiger partial charge in [0.15, 0.2) is 0 Å². The summed E-state index contributed by atoms with van der Waals surface area (Å²) in [5.74, 6) is 2.62. The van der Waals surface area contributed by atoms with Gasteiger partial charge in [-0.05, 0) is 29.5 Å². The molecule has 0 saturated carbocycles. The first-order chi connectivity index (χ1) is 10.0. The van der Waals surface area contributed by atoms with Gasteiger partial charge in [0.05, 0.1) is 0 Å². The molecule has 3 nitrogen and oxygen atoms in total. The normalized spacial score (nSPS) is 22.9. The molecular formula is C18H30N2O. The van der Waals surface area contributed by atoms with Crippen molar-refractivity contribution in [3.63, 3.8) is 0 Å². The highest BCUT2D eigenvalue weighted by Gasteiger charge is 2.25. The maximum atomic E-state index is 5.92. The summed E-state index contributed by atoms with van der Waals surface area (Å²) in [5, 5.41) is 3.44. The first-order valence-corrected chi connectivity index (χ1v) is 8.22. The van der Waals surface area contributed by atoms with Crippen molar-refractivity contribution < 1.29 is 4.74 Å². The average Bonchev–Trinajstić information content (AvgIpc) is 2.76. The molecule has 21 heavy (non-hydrogen) atoms. The lowest BCUT2D eigenvalue weighted by molar-refractivity contribution is 0.232. The third-order valence-electron chi connectivity index (χ3n) is 4.35. The van der Waals surface area contributed by atoms with Crippen molar-refractivity contribution in [2.45, 2.75) is 40.3 Å². The van der Waals surface area contributed by atoms with E-state index in [0.717, 1.165) is 37.3 Å². The van der Waals surface area contributed by atoms with Crippen LogP contribution >= 0.6 is 0 Å². The first-order valence-electron chi connectivity index (χ1n) is 8.22. The van der Waals surface area contributed by atoms with Gasteiger partial charge in [-0.15, -0.1) is 0 Å². The molecule has 2 unspecified atom stereocenters. The Hall–Kier alpha value is -1.06. The van der Waals surface area contributed by atoms with Gasteiger partial charge in [0, 0.05) is 32.2 Å². The molecule has 1 aliphatic rings. The molecular weight excluding hydrogens is 260 g/mol.